The molecule has 0 aromatic rings. The maximum Gasteiger partial charge on any atom is 0.344 e. The molecule has 0 aliphatic rings. The summed E-state index contributed by atoms with van der Waals surface area (Å²) in [6.45, 7) is 17.6. The fourth-order valence-electron chi connectivity index (χ4n) is 2.82. The summed E-state index contributed by atoms with van der Waals surface area (Å²) in [7, 11) is -4.43. The summed E-state index contributed by atoms with van der Waals surface area (Å²) >= 11 is 0. The second kappa shape index (κ2) is 12.7. The van der Waals surface area contributed by atoms with Crippen molar-refractivity contribution in [3.05, 3.63) is 0 Å². The molecule has 33 heavy (non-hydrogen) atoms. The lowest BCUT2D eigenvalue weighted by molar-refractivity contribution is -0.166. The van der Waals surface area contributed by atoms with Gasteiger partial charge in [0.2, 0.25) is 0 Å². The van der Waals surface area contributed by atoms with Crippen molar-refractivity contribution in [2.24, 2.45) is 0 Å². The largest absolute Gasteiger partial charge is 0.457 e. The minimum atomic E-state index is -2.21. The van der Waals surface area contributed by atoms with E-state index in [1.165, 1.54) is 0 Å². The predicted octanol–water partition coefficient (Wildman–Crippen LogP) is 3.96. The van der Waals surface area contributed by atoms with E-state index >= 15 is 0 Å². The summed E-state index contributed by atoms with van der Waals surface area (Å²) in [6, 6.07) is 1.05. The molecule has 0 aromatic heterocycles. The maximum absolute atomic E-state index is 12.0. The van der Waals surface area contributed by atoms with E-state index < -0.39 is 64.9 Å². The Morgan fingerprint density at radius 3 is 1.15 bits per heavy atom. The van der Waals surface area contributed by atoms with Gasteiger partial charge in [-0.1, -0.05) is 0 Å². The Morgan fingerprint density at radius 1 is 0.576 bits per heavy atom. The molecule has 0 spiro atoms. The van der Waals surface area contributed by atoms with Gasteiger partial charge in [0, 0.05) is 12.8 Å². The van der Waals surface area contributed by atoms with Gasteiger partial charge >= 0.3 is 23.9 Å². The topological polar surface area (TPSA) is 114 Å². The molecule has 0 aromatic carbocycles. The Kier molecular flexibility index (Phi) is 12.0. The van der Waals surface area contributed by atoms with Crippen LogP contribution in [0.15, 0.2) is 0 Å². The maximum atomic E-state index is 12.0. The van der Waals surface area contributed by atoms with Crippen LogP contribution < -0.4 is 0 Å². The number of esters is 4. The van der Waals surface area contributed by atoms with E-state index in [0.29, 0.717) is 12.1 Å². The van der Waals surface area contributed by atoms with Crippen LogP contribution in [0.5, 0.6) is 0 Å². The van der Waals surface area contributed by atoms with Crippen LogP contribution in [0.3, 0.4) is 0 Å². The molecule has 0 radical (unpaired) electrons. The SMILES string of the molecule is CC(C)(C)OC(=O)COC(=O)CC[Si](C)(C)O[Si](C)(C)CCC(=O)OCC(=O)OC(C)(C)C. The van der Waals surface area contributed by atoms with Crippen molar-refractivity contribution in [2.45, 2.75) is 104 Å². The fourth-order valence-corrected chi connectivity index (χ4v) is 11.2. The number of hydrogen-bond acceptors (Lipinski definition) is 9. The molecule has 0 amide bonds. The second-order valence-corrected chi connectivity index (χ2v) is 20.0. The third kappa shape index (κ3) is 18.4. The number of carbonyl (C=O) groups is 4. The van der Waals surface area contributed by atoms with E-state index in [1.807, 2.05) is 26.2 Å². The highest BCUT2D eigenvalue weighted by molar-refractivity contribution is 6.85. The van der Waals surface area contributed by atoms with E-state index in [2.05, 4.69) is 0 Å². The van der Waals surface area contributed by atoms with Crippen molar-refractivity contribution < 1.29 is 42.2 Å². The molecular formula is C22H42O9Si2. The normalized spacial score (nSPS) is 12.7. The highest BCUT2D eigenvalue weighted by Crippen LogP contribution is 2.24. The molecule has 0 atom stereocenters. The van der Waals surface area contributed by atoms with Gasteiger partial charge in [-0.3, -0.25) is 9.59 Å². The van der Waals surface area contributed by atoms with Crippen LogP contribution in [0.1, 0.15) is 54.4 Å². The van der Waals surface area contributed by atoms with Gasteiger partial charge in [-0.25, -0.2) is 9.59 Å². The first-order valence-electron chi connectivity index (χ1n) is 11.1. The zero-order valence-corrected chi connectivity index (χ0v) is 23.9. The lowest BCUT2D eigenvalue weighted by atomic mass is 10.2. The van der Waals surface area contributed by atoms with Crippen molar-refractivity contribution >= 4 is 40.5 Å². The van der Waals surface area contributed by atoms with E-state index in [1.54, 1.807) is 41.5 Å². The Labute approximate surface area is 200 Å². The Morgan fingerprint density at radius 2 is 0.879 bits per heavy atom. The smallest absolute Gasteiger partial charge is 0.344 e. The number of hydrogen-bond donors (Lipinski definition) is 0. The molecule has 0 aliphatic heterocycles. The first-order valence-corrected chi connectivity index (χ1v) is 17.4. The molecule has 0 saturated carbocycles. The van der Waals surface area contributed by atoms with Gasteiger partial charge in [0.25, 0.3) is 0 Å². The molecule has 0 aliphatic carbocycles. The first-order chi connectivity index (χ1) is 14.7. The van der Waals surface area contributed by atoms with Gasteiger partial charge in [-0.2, -0.15) is 0 Å². The highest BCUT2D eigenvalue weighted by Gasteiger charge is 2.34. The summed E-state index contributed by atoms with van der Waals surface area (Å²) in [4.78, 5) is 47.3. The summed E-state index contributed by atoms with van der Waals surface area (Å²) in [5.74, 6) is -2.13. The predicted molar refractivity (Wildman–Crippen MR) is 129 cm³/mol. The van der Waals surface area contributed by atoms with E-state index in [-0.39, 0.29) is 12.8 Å². The van der Waals surface area contributed by atoms with Gasteiger partial charge in [0.15, 0.2) is 29.8 Å². The molecule has 0 rings (SSSR count). The fraction of sp³-hybridized carbons (Fsp3) is 0.818. The van der Waals surface area contributed by atoms with Gasteiger partial charge in [-0.05, 0) is 79.8 Å². The third-order valence-corrected chi connectivity index (χ3v) is 11.3. The molecule has 0 bridgehead atoms. The number of carbonyl (C=O) groups excluding carboxylic acids is 4. The molecule has 0 heterocycles. The van der Waals surface area contributed by atoms with Crippen LogP contribution in [-0.4, -0.2) is 64.9 Å². The first kappa shape index (κ1) is 31.3. The van der Waals surface area contributed by atoms with Crippen molar-refractivity contribution in [3.63, 3.8) is 0 Å². The standard InChI is InChI=1S/C22H42O9Si2/c1-21(2,3)29-19(25)15-27-17(23)11-13-32(7,8)31-33(9,10)14-12-18(24)28-16-20(26)30-22(4,5)6/h11-16H2,1-10H3. The van der Waals surface area contributed by atoms with Crippen LogP contribution in [0, 0.1) is 0 Å². The third-order valence-electron chi connectivity index (χ3n) is 3.96. The van der Waals surface area contributed by atoms with E-state index in [4.69, 9.17) is 23.1 Å². The summed E-state index contributed by atoms with van der Waals surface area (Å²) < 4.78 is 26.6. The lowest BCUT2D eigenvalue weighted by Gasteiger charge is -2.33. The van der Waals surface area contributed by atoms with Crippen LogP contribution in [0.4, 0.5) is 0 Å². The molecule has 0 unspecified atom stereocenters. The van der Waals surface area contributed by atoms with Crippen LogP contribution in [0.25, 0.3) is 0 Å². The molecule has 9 nitrogen and oxygen atoms in total. The van der Waals surface area contributed by atoms with Crippen molar-refractivity contribution in [1.29, 1.82) is 0 Å². The van der Waals surface area contributed by atoms with E-state index in [0.717, 1.165) is 0 Å². The summed E-state index contributed by atoms with van der Waals surface area (Å²) in [6.07, 6.45) is 0.287. The minimum absolute atomic E-state index is 0.143. The van der Waals surface area contributed by atoms with Crippen LogP contribution >= 0.6 is 0 Å². The van der Waals surface area contributed by atoms with E-state index in [9.17, 15) is 19.2 Å². The van der Waals surface area contributed by atoms with Crippen molar-refractivity contribution in [2.75, 3.05) is 13.2 Å². The molecule has 192 valence electrons. The minimum Gasteiger partial charge on any atom is -0.457 e. The Bertz CT molecular complexity index is 631. The van der Waals surface area contributed by atoms with Gasteiger partial charge in [0.1, 0.15) is 11.2 Å². The molecule has 0 N–H and O–H groups in total. The van der Waals surface area contributed by atoms with Crippen molar-refractivity contribution in [3.8, 4) is 0 Å². The molecular weight excluding hydrogens is 464 g/mol. The number of rotatable bonds is 12. The van der Waals surface area contributed by atoms with Crippen LogP contribution in [0.2, 0.25) is 38.3 Å². The quantitative estimate of drug-likeness (QED) is 0.220. The average molecular weight is 507 g/mol. The Balaban J connectivity index is 4.38. The average Bonchev–Trinajstić information content (AvgIpc) is 2.57. The van der Waals surface area contributed by atoms with Gasteiger partial charge in [-0.15, -0.1) is 0 Å². The molecule has 11 heteroatoms. The lowest BCUT2D eigenvalue weighted by Crippen LogP contribution is -2.44. The summed E-state index contributed by atoms with van der Waals surface area (Å²) in [5.41, 5.74) is -1.27. The molecule has 0 saturated heterocycles. The number of ether oxygens (including phenoxy) is 4. The second-order valence-electron chi connectivity index (χ2n) is 11.1. The highest BCUT2D eigenvalue weighted by atomic mass is 28.4. The van der Waals surface area contributed by atoms with Crippen molar-refractivity contribution in [1.82, 2.24) is 0 Å². The zero-order valence-electron chi connectivity index (χ0n) is 21.9. The van der Waals surface area contributed by atoms with Gasteiger partial charge in [0.05, 0.1) is 0 Å². The molecule has 0 fully saturated rings. The summed E-state index contributed by atoms with van der Waals surface area (Å²) in [5, 5.41) is 0. The zero-order chi connectivity index (χ0) is 26.1. The monoisotopic (exact) mass is 506 g/mol. The van der Waals surface area contributed by atoms with Crippen LogP contribution in [-0.2, 0) is 42.2 Å². The van der Waals surface area contributed by atoms with Gasteiger partial charge < -0.3 is 23.1 Å². The Hall–Kier alpha value is -1.73.